The predicted octanol–water partition coefficient (Wildman–Crippen LogP) is 5.00. The minimum atomic E-state index is -0.361. The third-order valence-electron chi connectivity index (χ3n) is 6.44. The quantitative estimate of drug-likeness (QED) is 0.381. The molecule has 0 aliphatic heterocycles. The smallest absolute Gasteiger partial charge is 0.270 e. The highest BCUT2D eigenvalue weighted by atomic mass is 19.1. The van der Waals surface area contributed by atoms with Gasteiger partial charge in [-0.3, -0.25) is 14.0 Å². The number of nitrogens with zero attached hydrogens (tertiary/aromatic N) is 3. The average molecular weight is 472 g/mol. The number of ether oxygens (including phenoxy) is 1. The van der Waals surface area contributed by atoms with Gasteiger partial charge in [-0.15, -0.1) is 0 Å². The van der Waals surface area contributed by atoms with Gasteiger partial charge in [-0.25, -0.2) is 9.37 Å². The van der Waals surface area contributed by atoms with E-state index in [9.17, 15) is 14.0 Å². The van der Waals surface area contributed by atoms with Crippen LogP contribution in [0.3, 0.4) is 0 Å². The number of amides is 1. The summed E-state index contributed by atoms with van der Waals surface area (Å²) in [5, 5.41) is 0. The molecule has 7 heteroatoms. The number of pyridine rings is 1. The zero-order valence-electron chi connectivity index (χ0n) is 19.3. The fourth-order valence-electron chi connectivity index (χ4n) is 4.59. The molecule has 0 spiro atoms. The molecule has 0 unspecified atom stereocenters. The molecule has 6 nitrogen and oxygen atoms in total. The Morgan fingerprint density at radius 2 is 1.83 bits per heavy atom. The molecule has 2 heterocycles. The van der Waals surface area contributed by atoms with Crippen molar-refractivity contribution in [3.05, 3.63) is 112 Å². The molecule has 1 aliphatic rings. The van der Waals surface area contributed by atoms with Gasteiger partial charge in [-0.05, 0) is 60.4 Å². The van der Waals surface area contributed by atoms with Gasteiger partial charge in [-0.2, -0.15) is 0 Å². The molecule has 1 aliphatic carbocycles. The zero-order valence-corrected chi connectivity index (χ0v) is 19.3. The van der Waals surface area contributed by atoms with Gasteiger partial charge in [0.1, 0.15) is 29.4 Å². The van der Waals surface area contributed by atoms with Crippen LogP contribution in [-0.4, -0.2) is 26.2 Å². The van der Waals surface area contributed by atoms with Crippen LogP contribution < -0.4 is 10.3 Å². The van der Waals surface area contributed by atoms with Gasteiger partial charge in [0, 0.05) is 25.0 Å². The Bertz CT molecular complexity index is 1390. The van der Waals surface area contributed by atoms with Crippen LogP contribution >= 0.6 is 0 Å². The third-order valence-corrected chi connectivity index (χ3v) is 6.44. The third kappa shape index (κ3) is 5.09. The molecule has 0 N–H and O–H groups in total. The van der Waals surface area contributed by atoms with Crippen LogP contribution in [0.4, 0.5) is 4.39 Å². The lowest BCUT2D eigenvalue weighted by atomic mass is 10.1. The standard InChI is InChI=1S/C28H26FN3O3/c29-22-13-11-20(12-14-22)19-35-24-9-5-6-21(16-24)18-32(23-7-1-2-8-23)28(34)25-17-30-26-10-3-4-15-31(26)27(25)33/h3-6,9-17,23H,1-2,7-8,18-19H2. The van der Waals surface area contributed by atoms with Crippen molar-refractivity contribution < 1.29 is 13.9 Å². The van der Waals surface area contributed by atoms with Crippen molar-refractivity contribution in [2.75, 3.05) is 0 Å². The van der Waals surface area contributed by atoms with Crippen molar-refractivity contribution in [3.8, 4) is 5.75 Å². The van der Waals surface area contributed by atoms with Gasteiger partial charge in [0.25, 0.3) is 11.5 Å². The van der Waals surface area contributed by atoms with Crippen LogP contribution in [-0.2, 0) is 13.2 Å². The van der Waals surface area contributed by atoms with Crippen LogP contribution in [0, 0.1) is 5.82 Å². The molecule has 0 saturated heterocycles. The van der Waals surface area contributed by atoms with Crippen LogP contribution in [0.25, 0.3) is 5.65 Å². The summed E-state index contributed by atoms with van der Waals surface area (Å²) < 4.78 is 20.5. The maximum Gasteiger partial charge on any atom is 0.270 e. The van der Waals surface area contributed by atoms with E-state index < -0.39 is 0 Å². The average Bonchev–Trinajstić information content (AvgIpc) is 3.42. The number of aromatic nitrogens is 2. The Kier molecular flexibility index (Phi) is 6.57. The van der Waals surface area contributed by atoms with E-state index in [1.165, 1.54) is 22.7 Å². The van der Waals surface area contributed by atoms with E-state index in [1.54, 1.807) is 41.4 Å². The van der Waals surface area contributed by atoms with Gasteiger partial charge in [-0.1, -0.05) is 43.2 Å². The van der Waals surface area contributed by atoms with Crippen molar-refractivity contribution in [2.24, 2.45) is 0 Å². The molecule has 2 aromatic heterocycles. The molecule has 1 saturated carbocycles. The molecule has 0 bridgehead atoms. The van der Waals surface area contributed by atoms with Gasteiger partial charge >= 0.3 is 0 Å². The number of rotatable bonds is 7. The van der Waals surface area contributed by atoms with Crippen molar-refractivity contribution >= 4 is 11.6 Å². The summed E-state index contributed by atoms with van der Waals surface area (Å²) in [6, 6.07) is 19.2. The Morgan fingerprint density at radius 3 is 2.63 bits per heavy atom. The first-order valence-corrected chi connectivity index (χ1v) is 11.8. The van der Waals surface area contributed by atoms with Crippen molar-refractivity contribution in [1.29, 1.82) is 0 Å². The normalized spacial score (nSPS) is 13.7. The highest BCUT2D eigenvalue weighted by Gasteiger charge is 2.29. The number of carbonyl (C=O) groups is 1. The summed E-state index contributed by atoms with van der Waals surface area (Å²) in [6.07, 6.45) is 6.96. The Hall–Kier alpha value is -4.00. The number of fused-ring (bicyclic) bond motifs is 1. The molecule has 1 amide bonds. The fraction of sp³-hybridized carbons (Fsp3) is 0.250. The first kappa shape index (κ1) is 22.8. The number of hydrogen-bond acceptors (Lipinski definition) is 4. The molecule has 2 aromatic carbocycles. The highest BCUT2D eigenvalue weighted by Crippen LogP contribution is 2.27. The summed E-state index contributed by atoms with van der Waals surface area (Å²) in [4.78, 5) is 32.8. The zero-order chi connectivity index (χ0) is 24.2. The maximum absolute atomic E-state index is 13.6. The molecule has 1 fully saturated rings. The highest BCUT2D eigenvalue weighted by molar-refractivity contribution is 5.94. The lowest BCUT2D eigenvalue weighted by Crippen LogP contribution is -2.41. The van der Waals surface area contributed by atoms with E-state index in [0.29, 0.717) is 24.5 Å². The molecule has 35 heavy (non-hydrogen) atoms. The van der Waals surface area contributed by atoms with Crippen molar-refractivity contribution in [2.45, 2.75) is 44.9 Å². The molecular weight excluding hydrogens is 445 g/mol. The first-order valence-electron chi connectivity index (χ1n) is 11.8. The largest absolute Gasteiger partial charge is 0.489 e. The SMILES string of the molecule is O=C(c1cnc2ccccn2c1=O)N(Cc1cccc(OCc2ccc(F)cc2)c1)C1CCCC1. The second kappa shape index (κ2) is 10.1. The van der Waals surface area contributed by atoms with Crippen LogP contribution in [0.15, 0.2) is 83.9 Å². The van der Waals surface area contributed by atoms with E-state index >= 15 is 0 Å². The van der Waals surface area contributed by atoms with E-state index in [0.717, 1.165) is 36.8 Å². The molecule has 0 radical (unpaired) electrons. The van der Waals surface area contributed by atoms with E-state index in [1.807, 2.05) is 24.3 Å². The van der Waals surface area contributed by atoms with Gasteiger partial charge in [0.15, 0.2) is 0 Å². The molecular formula is C28H26FN3O3. The number of hydrogen-bond donors (Lipinski definition) is 0. The van der Waals surface area contributed by atoms with Crippen LogP contribution in [0.5, 0.6) is 5.75 Å². The molecule has 5 rings (SSSR count). The first-order chi connectivity index (χ1) is 17.1. The lowest BCUT2D eigenvalue weighted by Gasteiger charge is -2.29. The second-order valence-electron chi connectivity index (χ2n) is 8.84. The van der Waals surface area contributed by atoms with Gasteiger partial charge in [0.05, 0.1) is 0 Å². The van der Waals surface area contributed by atoms with Gasteiger partial charge in [0.2, 0.25) is 0 Å². The van der Waals surface area contributed by atoms with Crippen molar-refractivity contribution in [3.63, 3.8) is 0 Å². The lowest BCUT2D eigenvalue weighted by molar-refractivity contribution is 0.0661. The number of carbonyl (C=O) groups excluding carboxylic acids is 1. The van der Waals surface area contributed by atoms with Gasteiger partial charge < -0.3 is 9.64 Å². The fourth-order valence-corrected chi connectivity index (χ4v) is 4.59. The van der Waals surface area contributed by atoms with E-state index in [2.05, 4.69) is 4.98 Å². The summed E-state index contributed by atoms with van der Waals surface area (Å²) >= 11 is 0. The van der Waals surface area contributed by atoms with Crippen LogP contribution in [0.2, 0.25) is 0 Å². The minimum absolute atomic E-state index is 0.0714. The van der Waals surface area contributed by atoms with E-state index in [-0.39, 0.29) is 28.9 Å². The monoisotopic (exact) mass is 471 g/mol. The number of halogens is 1. The Morgan fingerprint density at radius 1 is 1.03 bits per heavy atom. The second-order valence-corrected chi connectivity index (χ2v) is 8.84. The minimum Gasteiger partial charge on any atom is -0.489 e. The van der Waals surface area contributed by atoms with Crippen molar-refractivity contribution in [1.82, 2.24) is 14.3 Å². The van der Waals surface area contributed by atoms with E-state index in [4.69, 9.17) is 4.74 Å². The summed E-state index contributed by atoms with van der Waals surface area (Å²) in [7, 11) is 0. The molecule has 0 atom stereocenters. The topological polar surface area (TPSA) is 63.9 Å². The maximum atomic E-state index is 13.6. The summed E-state index contributed by atoms with van der Waals surface area (Å²) in [6.45, 7) is 0.683. The molecule has 4 aromatic rings. The Labute approximate surface area is 202 Å². The Balaban J connectivity index is 1.38. The summed E-state index contributed by atoms with van der Waals surface area (Å²) in [5.74, 6) is 0.0806. The predicted molar refractivity (Wildman–Crippen MR) is 131 cm³/mol. The molecule has 178 valence electrons. The van der Waals surface area contributed by atoms with Crippen LogP contribution in [0.1, 0.15) is 47.2 Å². The number of benzene rings is 2. The summed E-state index contributed by atoms with van der Waals surface area (Å²) in [5.41, 5.74) is 2.00.